The van der Waals surface area contributed by atoms with Crippen LogP contribution in [0.5, 0.6) is 0 Å². The average molecular weight is 482 g/mol. The maximum absolute atomic E-state index is 12.7. The van der Waals surface area contributed by atoms with Gasteiger partial charge in [0.25, 0.3) is 0 Å². The number of nitrogens with one attached hydrogen (secondary N) is 2. The molecule has 7 nitrogen and oxygen atoms in total. The normalized spacial score (nSPS) is 11.6. The second-order valence-corrected chi connectivity index (χ2v) is 9.76. The molecule has 2 aromatic carbocycles. The van der Waals surface area contributed by atoms with E-state index < -0.39 is 0 Å². The van der Waals surface area contributed by atoms with Gasteiger partial charge in [0.15, 0.2) is 5.16 Å². The summed E-state index contributed by atoms with van der Waals surface area (Å²) in [4.78, 5) is 25.0. The molecule has 0 radical (unpaired) electrons. The summed E-state index contributed by atoms with van der Waals surface area (Å²) in [6.07, 6.45) is 1.80. The van der Waals surface area contributed by atoms with E-state index in [0.29, 0.717) is 28.8 Å². The summed E-state index contributed by atoms with van der Waals surface area (Å²) in [6, 6.07) is 15.4. The molecule has 1 unspecified atom stereocenters. The Bertz CT molecular complexity index is 1110. The molecule has 2 amide bonds. The number of thioether (sulfide) groups is 2. The Morgan fingerprint density at radius 3 is 2.30 bits per heavy atom. The standard InChI is InChI=1S/C24H27N5O2S2/c1-5-14-29-22(15-32-21-12-6-16(2)7-13-21)27-28-24(29)33-17(3)23(31)26-20-10-8-19(9-11-20)25-18(4)30/h5-13,17H,1,14-15H2,2-4H3,(H,25,30)(H,26,31). The van der Waals surface area contributed by atoms with Gasteiger partial charge < -0.3 is 15.2 Å². The number of aryl methyl sites for hydroxylation is 1. The van der Waals surface area contributed by atoms with Crippen LogP contribution in [0.3, 0.4) is 0 Å². The summed E-state index contributed by atoms with van der Waals surface area (Å²) in [5, 5.41) is 14.6. The van der Waals surface area contributed by atoms with E-state index in [1.165, 1.54) is 29.1 Å². The topological polar surface area (TPSA) is 88.9 Å². The fraction of sp³-hybridized carbons (Fsp3) is 0.250. The van der Waals surface area contributed by atoms with E-state index in [1.807, 2.05) is 11.5 Å². The van der Waals surface area contributed by atoms with Gasteiger partial charge in [-0.1, -0.05) is 35.5 Å². The molecule has 0 aliphatic carbocycles. The van der Waals surface area contributed by atoms with Crippen LogP contribution >= 0.6 is 23.5 Å². The molecular formula is C24H27N5O2S2. The zero-order chi connectivity index (χ0) is 23.8. The highest BCUT2D eigenvalue weighted by molar-refractivity contribution is 8.00. The van der Waals surface area contributed by atoms with Crippen molar-refractivity contribution in [3.05, 3.63) is 72.6 Å². The van der Waals surface area contributed by atoms with E-state index in [9.17, 15) is 9.59 Å². The van der Waals surface area contributed by atoms with Gasteiger partial charge in [0, 0.05) is 29.7 Å². The Hall–Kier alpha value is -3.04. The minimum Gasteiger partial charge on any atom is -0.326 e. The molecule has 0 fully saturated rings. The maximum Gasteiger partial charge on any atom is 0.237 e. The van der Waals surface area contributed by atoms with E-state index in [2.05, 4.69) is 58.6 Å². The summed E-state index contributed by atoms with van der Waals surface area (Å²) in [5.74, 6) is 1.23. The molecular weight excluding hydrogens is 454 g/mol. The Kier molecular flexibility index (Phi) is 8.73. The first-order chi connectivity index (χ1) is 15.9. The predicted molar refractivity (Wildman–Crippen MR) is 136 cm³/mol. The van der Waals surface area contributed by atoms with Crippen molar-refractivity contribution in [3.63, 3.8) is 0 Å². The molecule has 2 N–H and O–H groups in total. The fourth-order valence-electron chi connectivity index (χ4n) is 2.90. The summed E-state index contributed by atoms with van der Waals surface area (Å²) < 4.78 is 1.99. The molecule has 0 aliphatic heterocycles. The number of rotatable bonds is 10. The number of allylic oxidation sites excluding steroid dienone is 1. The highest BCUT2D eigenvalue weighted by Crippen LogP contribution is 2.27. The number of carbonyl (C=O) groups excluding carboxylic acids is 2. The third-order valence-electron chi connectivity index (χ3n) is 4.62. The van der Waals surface area contributed by atoms with E-state index in [0.717, 1.165) is 5.82 Å². The molecule has 0 saturated heterocycles. The highest BCUT2D eigenvalue weighted by Gasteiger charge is 2.20. The van der Waals surface area contributed by atoms with Gasteiger partial charge in [0.2, 0.25) is 11.8 Å². The minimum atomic E-state index is -0.384. The lowest BCUT2D eigenvalue weighted by molar-refractivity contribution is -0.115. The number of aromatic nitrogens is 3. The van der Waals surface area contributed by atoms with Crippen LogP contribution in [-0.4, -0.2) is 31.8 Å². The second kappa shape index (κ2) is 11.7. The fourth-order valence-corrected chi connectivity index (χ4v) is 4.62. The van der Waals surface area contributed by atoms with Gasteiger partial charge in [0.1, 0.15) is 5.82 Å². The number of nitrogens with zero attached hydrogens (tertiary/aromatic N) is 3. The van der Waals surface area contributed by atoms with Crippen LogP contribution in [0, 0.1) is 6.92 Å². The van der Waals surface area contributed by atoms with Crippen molar-refractivity contribution in [2.45, 2.75) is 48.4 Å². The van der Waals surface area contributed by atoms with E-state index in [-0.39, 0.29) is 17.1 Å². The Morgan fingerprint density at radius 2 is 1.70 bits per heavy atom. The van der Waals surface area contributed by atoms with Crippen LogP contribution in [0.15, 0.2) is 71.2 Å². The molecule has 0 bridgehead atoms. The van der Waals surface area contributed by atoms with Gasteiger partial charge in [-0.25, -0.2) is 0 Å². The van der Waals surface area contributed by atoms with Crippen molar-refractivity contribution in [2.24, 2.45) is 0 Å². The van der Waals surface area contributed by atoms with Crippen LogP contribution in [-0.2, 0) is 21.9 Å². The number of anilines is 2. The molecule has 0 spiro atoms. The minimum absolute atomic E-state index is 0.142. The lowest BCUT2D eigenvalue weighted by Crippen LogP contribution is -2.23. The van der Waals surface area contributed by atoms with Crippen molar-refractivity contribution in [1.29, 1.82) is 0 Å². The second-order valence-electron chi connectivity index (χ2n) is 7.41. The number of benzene rings is 2. The molecule has 172 valence electrons. The quantitative estimate of drug-likeness (QED) is 0.308. The average Bonchev–Trinajstić information content (AvgIpc) is 3.15. The molecule has 1 aromatic heterocycles. The smallest absolute Gasteiger partial charge is 0.237 e. The summed E-state index contributed by atoms with van der Waals surface area (Å²) in [5.41, 5.74) is 2.56. The lowest BCUT2D eigenvalue weighted by Gasteiger charge is -2.13. The number of amides is 2. The summed E-state index contributed by atoms with van der Waals surface area (Å²) in [7, 11) is 0. The molecule has 1 atom stereocenters. The molecule has 0 saturated carbocycles. The molecule has 3 aromatic rings. The van der Waals surface area contributed by atoms with Gasteiger partial charge in [-0.05, 0) is 50.2 Å². The van der Waals surface area contributed by atoms with Crippen molar-refractivity contribution in [2.75, 3.05) is 10.6 Å². The van der Waals surface area contributed by atoms with Crippen LogP contribution < -0.4 is 10.6 Å². The maximum atomic E-state index is 12.7. The van der Waals surface area contributed by atoms with Gasteiger partial charge in [0.05, 0.1) is 11.0 Å². The van der Waals surface area contributed by atoms with E-state index in [4.69, 9.17) is 0 Å². The first-order valence-electron chi connectivity index (χ1n) is 10.4. The Morgan fingerprint density at radius 1 is 1.06 bits per heavy atom. The third kappa shape index (κ3) is 7.23. The molecule has 3 rings (SSSR count). The van der Waals surface area contributed by atoms with Crippen molar-refractivity contribution in [3.8, 4) is 0 Å². The molecule has 0 aliphatic rings. The van der Waals surface area contributed by atoms with Gasteiger partial charge in [-0.2, -0.15) is 0 Å². The number of carbonyl (C=O) groups is 2. The van der Waals surface area contributed by atoms with Crippen LogP contribution in [0.1, 0.15) is 25.2 Å². The molecule has 9 heteroatoms. The van der Waals surface area contributed by atoms with Crippen LogP contribution in [0.2, 0.25) is 0 Å². The van der Waals surface area contributed by atoms with Crippen molar-refractivity contribution < 1.29 is 9.59 Å². The zero-order valence-electron chi connectivity index (χ0n) is 18.9. The first kappa shape index (κ1) is 24.6. The van der Waals surface area contributed by atoms with Crippen molar-refractivity contribution in [1.82, 2.24) is 14.8 Å². The first-order valence-corrected chi connectivity index (χ1v) is 12.3. The highest BCUT2D eigenvalue weighted by atomic mass is 32.2. The van der Waals surface area contributed by atoms with Gasteiger partial charge in [-0.3, -0.25) is 9.59 Å². The predicted octanol–water partition coefficient (Wildman–Crippen LogP) is 5.14. The number of hydrogen-bond donors (Lipinski definition) is 2. The third-order valence-corrected chi connectivity index (χ3v) is 6.71. The largest absolute Gasteiger partial charge is 0.326 e. The number of hydrogen-bond acceptors (Lipinski definition) is 6. The summed E-state index contributed by atoms with van der Waals surface area (Å²) in [6.45, 7) is 9.76. The lowest BCUT2D eigenvalue weighted by atomic mass is 10.2. The van der Waals surface area contributed by atoms with Gasteiger partial charge >= 0.3 is 0 Å². The van der Waals surface area contributed by atoms with E-state index >= 15 is 0 Å². The molecule has 33 heavy (non-hydrogen) atoms. The Labute approximate surface area is 202 Å². The van der Waals surface area contributed by atoms with Crippen LogP contribution in [0.25, 0.3) is 0 Å². The van der Waals surface area contributed by atoms with E-state index in [1.54, 1.807) is 42.1 Å². The summed E-state index contributed by atoms with van der Waals surface area (Å²) >= 11 is 3.05. The monoisotopic (exact) mass is 481 g/mol. The zero-order valence-corrected chi connectivity index (χ0v) is 20.5. The SMILES string of the molecule is C=CCn1c(CSc2ccc(C)cc2)nnc1SC(C)C(=O)Nc1ccc(NC(C)=O)cc1. The van der Waals surface area contributed by atoms with Crippen molar-refractivity contribution >= 4 is 46.7 Å². The van der Waals surface area contributed by atoms with Crippen LogP contribution in [0.4, 0.5) is 11.4 Å². The van der Waals surface area contributed by atoms with Gasteiger partial charge in [-0.15, -0.1) is 28.5 Å². The Balaban J connectivity index is 1.62. The molecule has 1 heterocycles.